The Bertz CT molecular complexity index is 610. The topological polar surface area (TPSA) is 80.3 Å². The highest BCUT2D eigenvalue weighted by Gasteiger charge is 2.26. The molecule has 7 heteroatoms. The Morgan fingerprint density at radius 1 is 1.21 bits per heavy atom. The minimum Gasteiger partial charge on any atom is -0.491 e. The normalized spacial score (nSPS) is 20.3. The van der Waals surface area contributed by atoms with Crippen molar-refractivity contribution in [1.82, 2.24) is 10.2 Å². The highest BCUT2D eigenvalue weighted by Crippen LogP contribution is 2.19. The van der Waals surface area contributed by atoms with Crippen LogP contribution in [-0.2, 0) is 20.8 Å². The van der Waals surface area contributed by atoms with Crippen LogP contribution < -0.4 is 10.1 Å². The summed E-state index contributed by atoms with van der Waals surface area (Å²) in [5.74, 6) is 0.632. The minimum absolute atomic E-state index is 0.0101. The van der Waals surface area contributed by atoms with E-state index in [1.807, 2.05) is 12.1 Å². The first-order chi connectivity index (χ1) is 14.1. The highest BCUT2D eigenvalue weighted by atomic mass is 16.5. The highest BCUT2D eigenvalue weighted by molar-refractivity contribution is 5.72. The van der Waals surface area contributed by atoms with Crippen molar-refractivity contribution in [2.24, 2.45) is 5.92 Å². The summed E-state index contributed by atoms with van der Waals surface area (Å²) in [6.45, 7) is 4.94. The number of piperidine rings is 1. The summed E-state index contributed by atoms with van der Waals surface area (Å²) in [6.07, 6.45) is 3.14. The third-order valence-electron chi connectivity index (χ3n) is 5.77. The van der Waals surface area contributed by atoms with Gasteiger partial charge in [0.15, 0.2) is 0 Å². The molecule has 2 aliphatic rings. The van der Waals surface area contributed by atoms with E-state index >= 15 is 0 Å². The molecule has 0 saturated carbocycles. The summed E-state index contributed by atoms with van der Waals surface area (Å²) in [5, 5.41) is 13.9. The van der Waals surface area contributed by atoms with Gasteiger partial charge in [-0.1, -0.05) is 12.1 Å². The molecule has 7 nitrogen and oxygen atoms in total. The van der Waals surface area contributed by atoms with Gasteiger partial charge in [0.2, 0.25) is 0 Å². The molecule has 0 bridgehead atoms. The number of likely N-dealkylation sites (tertiary alicyclic amines) is 1. The smallest absolute Gasteiger partial charge is 0.308 e. The Morgan fingerprint density at radius 2 is 1.90 bits per heavy atom. The van der Waals surface area contributed by atoms with Crippen LogP contribution in [0.1, 0.15) is 31.2 Å². The van der Waals surface area contributed by atoms with Gasteiger partial charge in [0.25, 0.3) is 0 Å². The van der Waals surface area contributed by atoms with Gasteiger partial charge in [0.05, 0.1) is 13.0 Å². The Hall–Kier alpha value is -1.67. The fourth-order valence-corrected chi connectivity index (χ4v) is 3.93. The molecule has 0 unspecified atom stereocenters. The van der Waals surface area contributed by atoms with Gasteiger partial charge >= 0.3 is 5.97 Å². The average Bonchev–Trinajstić information content (AvgIpc) is 2.77. The quantitative estimate of drug-likeness (QED) is 0.603. The number of carbonyl (C=O) groups excluding carboxylic acids is 1. The first-order valence-corrected chi connectivity index (χ1v) is 10.6. The van der Waals surface area contributed by atoms with E-state index in [2.05, 4.69) is 22.3 Å². The van der Waals surface area contributed by atoms with Crippen LogP contribution >= 0.6 is 0 Å². The predicted octanol–water partition coefficient (Wildman–Crippen LogP) is 1.58. The zero-order valence-corrected chi connectivity index (χ0v) is 17.3. The summed E-state index contributed by atoms with van der Waals surface area (Å²) in [7, 11) is 1.44. The average molecular weight is 407 g/mol. The first-order valence-electron chi connectivity index (χ1n) is 10.6. The van der Waals surface area contributed by atoms with Crippen molar-refractivity contribution in [1.29, 1.82) is 0 Å². The van der Waals surface area contributed by atoms with Gasteiger partial charge in [-0.15, -0.1) is 0 Å². The summed E-state index contributed by atoms with van der Waals surface area (Å²) in [4.78, 5) is 13.8. The maximum Gasteiger partial charge on any atom is 0.308 e. The number of nitrogens with one attached hydrogen (secondary N) is 1. The molecule has 0 amide bonds. The van der Waals surface area contributed by atoms with Gasteiger partial charge in [-0.2, -0.15) is 0 Å². The number of methoxy groups -OCH3 is 1. The fourth-order valence-electron chi connectivity index (χ4n) is 3.93. The van der Waals surface area contributed by atoms with Gasteiger partial charge in [0.1, 0.15) is 18.5 Å². The van der Waals surface area contributed by atoms with Crippen LogP contribution in [0.5, 0.6) is 5.75 Å². The van der Waals surface area contributed by atoms with Crippen LogP contribution in [0.2, 0.25) is 0 Å². The summed E-state index contributed by atoms with van der Waals surface area (Å²) in [6, 6.07) is 8.56. The maximum absolute atomic E-state index is 11.6. The van der Waals surface area contributed by atoms with Crippen LogP contribution in [-0.4, -0.2) is 74.7 Å². The second-order valence-corrected chi connectivity index (χ2v) is 7.97. The fraction of sp³-hybridized carbons (Fsp3) is 0.682. The van der Waals surface area contributed by atoms with Crippen LogP contribution in [0, 0.1) is 5.92 Å². The Morgan fingerprint density at radius 3 is 2.55 bits per heavy atom. The third kappa shape index (κ3) is 7.26. The molecule has 2 saturated heterocycles. The molecule has 162 valence electrons. The van der Waals surface area contributed by atoms with Crippen LogP contribution in [0.15, 0.2) is 24.3 Å². The predicted molar refractivity (Wildman–Crippen MR) is 110 cm³/mol. The van der Waals surface area contributed by atoms with Crippen LogP contribution in [0.3, 0.4) is 0 Å². The lowest BCUT2D eigenvalue weighted by atomic mass is 9.97. The van der Waals surface area contributed by atoms with Crippen molar-refractivity contribution in [2.45, 2.75) is 44.4 Å². The van der Waals surface area contributed by atoms with Crippen molar-refractivity contribution in [2.75, 3.05) is 46.6 Å². The summed E-state index contributed by atoms with van der Waals surface area (Å²) in [5.41, 5.74) is 1.22. The van der Waals surface area contributed by atoms with Gasteiger partial charge in [-0.3, -0.25) is 4.79 Å². The monoisotopic (exact) mass is 406 g/mol. The van der Waals surface area contributed by atoms with Crippen LogP contribution in [0.25, 0.3) is 0 Å². The largest absolute Gasteiger partial charge is 0.491 e. The molecule has 1 atom stereocenters. The molecule has 1 aromatic rings. The number of carbonyl (C=O) groups is 1. The van der Waals surface area contributed by atoms with E-state index in [-0.39, 0.29) is 18.5 Å². The van der Waals surface area contributed by atoms with Gasteiger partial charge < -0.3 is 29.5 Å². The Kier molecular flexibility index (Phi) is 8.73. The summed E-state index contributed by atoms with van der Waals surface area (Å²) >= 11 is 0. The molecule has 2 N–H and O–H groups in total. The van der Waals surface area contributed by atoms with Crippen LogP contribution in [0.4, 0.5) is 0 Å². The lowest BCUT2D eigenvalue weighted by Gasteiger charge is -2.31. The molecule has 0 aromatic heterocycles. The van der Waals surface area contributed by atoms with Crippen molar-refractivity contribution in [3.63, 3.8) is 0 Å². The second kappa shape index (κ2) is 11.5. The number of hydrogen-bond donors (Lipinski definition) is 2. The third-order valence-corrected chi connectivity index (χ3v) is 5.77. The number of β-amino-alcohol motifs (C(OH)–C–C–N with tert-alkyl or cyclic N) is 1. The number of ether oxygens (including phenoxy) is 3. The van der Waals surface area contributed by atoms with Gasteiger partial charge in [-0.05, 0) is 56.5 Å². The number of aliphatic hydroxyl groups excluding tert-OH is 1. The van der Waals surface area contributed by atoms with E-state index in [1.54, 1.807) is 0 Å². The number of rotatable bonds is 9. The molecule has 29 heavy (non-hydrogen) atoms. The second-order valence-electron chi connectivity index (χ2n) is 7.97. The molecular formula is C22H34N2O5. The number of esters is 1. The van der Waals surface area contributed by atoms with Gasteiger partial charge in [0, 0.05) is 32.3 Å². The zero-order chi connectivity index (χ0) is 20.5. The lowest BCUT2D eigenvalue weighted by Crippen LogP contribution is -2.42. The first kappa shape index (κ1) is 22.0. The number of benzene rings is 1. The number of hydrogen-bond acceptors (Lipinski definition) is 7. The number of nitrogens with zero attached hydrogens (tertiary/aromatic N) is 1. The van der Waals surface area contributed by atoms with E-state index in [1.165, 1.54) is 12.7 Å². The van der Waals surface area contributed by atoms with Gasteiger partial charge in [-0.25, -0.2) is 0 Å². The zero-order valence-electron chi connectivity index (χ0n) is 17.3. The molecule has 0 radical (unpaired) electrons. The van der Waals surface area contributed by atoms with E-state index in [9.17, 15) is 9.90 Å². The van der Waals surface area contributed by atoms with E-state index < -0.39 is 6.10 Å². The maximum atomic E-state index is 11.6. The standard InChI is InChI=1S/C22H34N2O5/c1-27-22(26)18-6-10-24(11-7-18)15-20(25)16-29-21-4-2-17(3-5-21)14-23-19-8-12-28-13-9-19/h2-5,18-20,23,25H,6-16H2,1H3/t20-/m1/s1. The van der Waals surface area contributed by atoms with Crippen molar-refractivity contribution >= 4 is 5.97 Å². The van der Waals surface area contributed by atoms with E-state index in [4.69, 9.17) is 14.2 Å². The van der Waals surface area contributed by atoms with Crippen molar-refractivity contribution in [3.8, 4) is 5.75 Å². The van der Waals surface area contributed by atoms with E-state index in [0.29, 0.717) is 12.6 Å². The molecule has 2 fully saturated rings. The molecule has 0 spiro atoms. The molecule has 1 aromatic carbocycles. The molecule has 2 heterocycles. The Labute approximate surface area is 173 Å². The minimum atomic E-state index is -0.556. The SMILES string of the molecule is COC(=O)C1CCN(C[C@@H](O)COc2ccc(CNC3CCOCC3)cc2)CC1. The van der Waals surface area contributed by atoms with Crippen molar-refractivity contribution < 1.29 is 24.1 Å². The number of aliphatic hydroxyl groups is 1. The molecule has 3 rings (SSSR count). The molecule has 2 aliphatic heterocycles. The molecular weight excluding hydrogens is 372 g/mol. The molecule has 0 aliphatic carbocycles. The van der Waals surface area contributed by atoms with Crippen molar-refractivity contribution in [3.05, 3.63) is 29.8 Å². The Balaban J connectivity index is 1.32. The van der Waals surface area contributed by atoms with E-state index in [0.717, 1.165) is 64.3 Å². The lowest BCUT2D eigenvalue weighted by molar-refractivity contribution is -0.147. The summed E-state index contributed by atoms with van der Waals surface area (Å²) < 4.78 is 15.9.